The molecule has 0 spiro atoms. The van der Waals surface area contributed by atoms with Crippen molar-refractivity contribution in [1.82, 2.24) is 0 Å². The third kappa shape index (κ3) is 3.12. The van der Waals surface area contributed by atoms with Gasteiger partial charge in [0.25, 0.3) is 11.8 Å². The van der Waals surface area contributed by atoms with Crippen molar-refractivity contribution < 1.29 is 19.1 Å². The zero-order chi connectivity index (χ0) is 19.1. The van der Waals surface area contributed by atoms with Crippen LogP contribution in [0.4, 0.5) is 10.1 Å². The normalized spacial score (nSPS) is 16.9. The van der Waals surface area contributed by atoms with Crippen molar-refractivity contribution in [3.05, 3.63) is 69.5 Å². The van der Waals surface area contributed by atoms with E-state index in [0.29, 0.717) is 41.7 Å². The average molecular weight is 386 g/mol. The van der Waals surface area contributed by atoms with Crippen molar-refractivity contribution in [3.8, 4) is 5.75 Å². The fourth-order valence-electron chi connectivity index (χ4n) is 3.67. The summed E-state index contributed by atoms with van der Waals surface area (Å²) in [5.74, 6) is -1.64. The Hall–Kier alpha value is -2.66. The van der Waals surface area contributed by atoms with Gasteiger partial charge < -0.3 is 5.11 Å². The van der Waals surface area contributed by atoms with Crippen LogP contribution in [0.25, 0.3) is 0 Å². The van der Waals surface area contributed by atoms with Crippen LogP contribution in [0, 0.1) is 5.82 Å². The summed E-state index contributed by atoms with van der Waals surface area (Å²) in [7, 11) is 0. The summed E-state index contributed by atoms with van der Waals surface area (Å²) in [5, 5.41) is 9.76. The molecule has 138 valence electrons. The number of halogens is 2. The highest BCUT2D eigenvalue weighted by atomic mass is 35.5. The summed E-state index contributed by atoms with van der Waals surface area (Å²) in [6.45, 7) is 0. The number of carbonyl (C=O) groups is 2. The number of phenols is 1. The van der Waals surface area contributed by atoms with E-state index in [1.54, 1.807) is 24.3 Å². The van der Waals surface area contributed by atoms with E-state index < -0.39 is 11.6 Å². The average Bonchev–Trinajstić information content (AvgIpc) is 2.92. The van der Waals surface area contributed by atoms with Crippen molar-refractivity contribution in [1.29, 1.82) is 0 Å². The third-order valence-electron chi connectivity index (χ3n) is 5.10. The number of imide groups is 1. The summed E-state index contributed by atoms with van der Waals surface area (Å²) >= 11 is 6.04. The van der Waals surface area contributed by atoms with Crippen molar-refractivity contribution >= 4 is 29.1 Å². The highest BCUT2D eigenvalue weighted by Gasteiger charge is 2.39. The van der Waals surface area contributed by atoms with Crippen molar-refractivity contribution in [2.24, 2.45) is 0 Å². The standard InChI is InChI=1S/C21H17ClFNO3/c22-17-11-18(23)19(25)10-13(17)9-12-5-7-14(8-6-12)24-20(26)15-3-1-2-4-16(15)21(24)27/h5-8,10-11,25H,1-4,9H2. The molecule has 0 saturated carbocycles. The molecular formula is C21H17ClFNO3. The maximum Gasteiger partial charge on any atom is 0.261 e. The van der Waals surface area contributed by atoms with Crippen LogP contribution in [0.3, 0.4) is 0 Å². The minimum Gasteiger partial charge on any atom is -0.505 e. The number of rotatable bonds is 3. The Balaban J connectivity index is 1.56. The molecule has 4 rings (SSSR count). The Kier molecular flexibility index (Phi) is 4.48. The van der Waals surface area contributed by atoms with Crippen LogP contribution in [0.1, 0.15) is 36.8 Å². The number of hydrogen-bond donors (Lipinski definition) is 1. The van der Waals surface area contributed by atoms with Gasteiger partial charge in [-0.1, -0.05) is 23.7 Å². The van der Waals surface area contributed by atoms with Crippen molar-refractivity contribution in [2.75, 3.05) is 4.90 Å². The summed E-state index contributed by atoms with van der Waals surface area (Å²) in [6, 6.07) is 9.42. The van der Waals surface area contributed by atoms with Crippen LogP contribution in [0.2, 0.25) is 5.02 Å². The van der Waals surface area contributed by atoms with Crippen molar-refractivity contribution in [2.45, 2.75) is 32.1 Å². The lowest BCUT2D eigenvalue weighted by molar-refractivity contribution is -0.120. The molecule has 2 aliphatic rings. The van der Waals surface area contributed by atoms with Crippen LogP contribution >= 0.6 is 11.6 Å². The molecular weight excluding hydrogens is 369 g/mol. The first-order valence-electron chi connectivity index (χ1n) is 8.82. The molecule has 0 radical (unpaired) electrons. The zero-order valence-corrected chi connectivity index (χ0v) is 15.2. The lowest BCUT2D eigenvalue weighted by atomic mass is 9.93. The Bertz CT molecular complexity index is 954. The summed E-state index contributed by atoms with van der Waals surface area (Å²) in [6.07, 6.45) is 3.61. The van der Waals surface area contributed by atoms with E-state index >= 15 is 0 Å². The van der Waals surface area contributed by atoms with E-state index in [-0.39, 0.29) is 16.8 Å². The summed E-state index contributed by atoms with van der Waals surface area (Å²) < 4.78 is 13.3. The Morgan fingerprint density at radius 1 is 1.00 bits per heavy atom. The molecule has 4 nitrogen and oxygen atoms in total. The number of anilines is 1. The van der Waals surface area contributed by atoms with Crippen LogP contribution in [-0.4, -0.2) is 16.9 Å². The molecule has 0 atom stereocenters. The van der Waals surface area contributed by atoms with E-state index in [2.05, 4.69) is 0 Å². The fraction of sp³-hybridized carbons (Fsp3) is 0.238. The summed E-state index contributed by atoms with van der Waals surface area (Å²) in [5.41, 5.74) is 3.31. The first-order valence-corrected chi connectivity index (χ1v) is 9.20. The number of aromatic hydroxyl groups is 1. The molecule has 27 heavy (non-hydrogen) atoms. The third-order valence-corrected chi connectivity index (χ3v) is 5.45. The molecule has 0 saturated heterocycles. The molecule has 2 amide bonds. The largest absolute Gasteiger partial charge is 0.505 e. The molecule has 0 aromatic heterocycles. The number of amides is 2. The van der Waals surface area contributed by atoms with Crippen LogP contribution < -0.4 is 4.90 Å². The number of hydrogen-bond acceptors (Lipinski definition) is 3. The molecule has 6 heteroatoms. The lowest BCUT2D eigenvalue weighted by Gasteiger charge is -2.15. The molecule has 0 bridgehead atoms. The topological polar surface area (TPSA) is 57.6 Å². The molecule has 0 unspecified atom stereocenters. The van der Waals surface area contributed by atoms with E-state index in [1.807, 2.05) is 0 Å². The zero-order valence-electron chi connectivity index (χ0n) is 14.5. The number of carbonyl (C=O) groups excluding carboxylic acids is 2. The Labute approximate surface area is 160 Å². The fourth-order valence-corrected chi connectivity index (χ4v) is 3.89. The van der Waals surface area contributed by atoms with Gasteiger partial charge in [0.1, 0.15) is 0 Å². The monoisotopic (exact) mass is 385 g/mol. The molecule has 1 heterocycles. The van der Waals surface area contributed by atoms with Gasteiger partial charge in [-0.05, 0) is 67.5 Å². The van der Waals surface area contributed by atoms with Gasteiger partial charge in [-0.3, -0.25) is 9.59 Å². The maximum atomic E-state index is 13.3. The molecule has 1 N–H and O–H groups in total. The molecule has 0 fully saturated rings. The van der Waals surface area contributed by atoms with Crippen molar-refractivity contribution in [3.63, 3.8) is 0 Å². The highest BCUT2D eigenvalue weighted by molar-refractivity contribution is 6.33. The van der Waals surface area contributed by atoms with Crippen LogP contribution in [0.15, 0.2) is 47.5 Å². The maximum absolute atomic E-state index is 13.3. The van der Waals surface area contributed by atoms with Gasteiger partial charge >= 0.3 is 0 Å². The molecule has 1 aliphatic carbocycles. The first kappa shape index (κ1) is 17.7. The highest BCUT2D eigenvalue weighted by Crippen LogP contribution is 2.36. The van der Waals surface area contributed by atoms with E-state index in [0.717, 1.165) is 24.5 Å². The van der Waals surface area contributed by atoms with E-state index in [9.17, 15) is 19.1 Å². The second-order valence-corrected chi connectivity index (χ2v) is 7.26. The molecule has 2 aromatic rings. The predicted molar refractivity (Wildman–Crippen MR) is 100 cm³/mol. The summed E-state index contributed by atoms with van der Waals surface area (Å²) in [4.78, 5) is 26.5. The van der Waals surface area contributed by atoms with Gasteiger partial charge in [-0.2, -0.15) is 0 Å². The minimum absolute atomic E-state index is 0.214. The van der Waals surface area contributed by atoms with E-state index in [1.165, 1.54) is 11.0 Å². The van der Waals surface area contributed by atoms with Gasteiger partial charge in [0, 0.05) is 16.2 Å². The van der Waals surface area contributed by atoms with E-state index in [4.69, 9.17) is 11.6 Å². The lowest BCUT2D eigenvalue weighted by Crippen LogP contribution is -2.31. The van der Waals surface area contributed by atoms with Gasteiger partial charge in [0.2, 0.25) is 0 Å². The molecule has 1 aliphatic heterocycles. The van der Waals surface area contributed by atoms with Gasteiger partial charge in [0.05, 0.1) is 5.69 Å². The van der Waals surface area contributed by atoms with Crippen LogP contribution in [0.5, 0.6) is 5.75 Å². The quantitative estimate of drug-likeness (QED) is 0.790. The second-order valence-electron chi connectivity index (χ2n) is 6.85. The first-order chi connectivity index (χ1) is 13.0. The number of benzene rings is 2. The SMILES string of the molecule is O=C1C2=C(CCCC2)C(=O)N1c1ccc(Cc2cc(O)c(F)cc2Cl)cc1. The predicted octanol–water partition coefficient (Wildman–Crippen LogP) is 4.52. The number of nitrogens with zero attached hydrogens (tertiary/aromatic N) is 1. The number of phenolic OH excluding ortho intramolecular Hbond substituents is 1. The van der Waals surface area contributed by atoms with Crippen LogP contribution in [-0.2, 0) is 16.0 Å². The molecule has 2 aromatic carbocycles. The second kappa shape index (κ2) is 6.82. The Morgan fingerprint density at radius 2 is 1.59 bits per heavy atom. The minimum atomic E-state index is -0.762. The smallest absolute Gasteiger partial charge is 0.261 e. The van der Waals surface area contributed by atoms with Gasteiger partial charge in [-0.15, -0.1) is 0 Å². The van der Waals surface area contributed by atoms with Gasteiger partial charge in [-0.25, -0.2) is 9.29 Å². The van der Waals surface area contributed by atoms with Gasteiger partial charge in [0.15, 0.2) is 11.6 Å². The Morgan fingerprint density at radius 3 is 2.19 bits per heavy atom.